The molecule has 2 aromatic heterocycles. The summed E-state index contributed by atoms with van der Waals surface area (Å²) in [4.78, 5) is 19.0. The van der Waals surface area contributed by atoms with E-state index in [1.54, 1.807) is 12.4 Å². The fraction of sp³-hybridized carbons (Fsp3) is 0.400. The lowest BCUT2D eigenvalue weighted by Gasteiger charge is -2.27. The van der Waals surface area contributed by atoms with Crippen molar-refractivity contribution in [1.82, 2.24) is 25.3 Å². The van der Waals surface area contributed by atoms with Gasteiger partial charge in [0.2, 0.25) is 5.95 Å². The lowest BCUT2D eigenvalue weighted by atomic mass is 10.4. The van der Waals surface area contributed by atoms with Crippen LogP contribution >= 0.6 is 0 Å². The minimum absolute atomic E-state index is 0.707. The van der Waals surface area contributed by atoms with Crippen molar-refractivity contribution < 1.29 is 0 Å². The number of anilines is 1. The van der Waals surface area contributed by atoms with Crippen molar-refractivity contribution in [3.63, 3.8) is 0 Å². The number of nitrogens with one attached hydrogen (secondary N) is 1. The molecule has 1 N–H and O–H groups in total. The molecule has 0 amide bonds. The quantitative estimate of drug-likeness (QED) is 0.714. The van der Waals surface area contributed by atoms with Crippen molar-refractivity contribution in [2.24, 2.45) is 0 Å². The van der Waals surface area contributed by atoms with Crippen LogP contribution in [0.5, 0.6) is 0 Å². The van der Waals surface area contributed by atoms with Crippen LogP contribution in [0.1, 0.15) is 0 Å². The number of hydrogen-bond donors (Lipinski definition) is 1. The zero-order chi connectivity index (χ0) is 10.8. The summed E-state index contributed by atoms with van der Waals surface area (Å²) in [5.74, 6) is 0.757. The van der Waals surface area contributed by atoms with Gasteiger partial charge in [0.25, 0.3) is 0 Å². The molecule has 0 atom stereocenters. The van der Waals surface area contributed by atoms with Crippen LogP contribution in [0.15, 0.2) is 18.7 Å². The number of hydrogen-bond acceptors (Lipinski definition) is 6. The molecule has 82 valence electrons. The summed E-state index contributed by atoms with van der Waals surface area (Å²) in [5, 5.41) is 4.18. The molecule has 3 rings (SSSR count). The Kier molecular flexibility index (Phi) is 2.34. The van der Waals surface area contributed by atoms with Gasteiger partial charge in [-0.15, -0.1) is 0 Å². The van der Waals surface area contributed by atoms with E-state index in [0.29, 0.717) is 5.65 Å². The van der Waals surface area contributed by atoms with Crippen LogP contribution in [0.2, 0.25) is 0 Å². The van der Waals surface area contributed by atoms with Gasteiger partial charge in [0.15, 0.2) is 5.65 Å². The molecule has 1 fully saturated rings. The van der Waals surface area contributed by atoms with E-state index in [1.807, 2.05) is 0 Å². The summed E-state index contributed by atoms with van der Waals surface area (Å²) in [6.45, 7) is 3.84. The molecule has 16 heavy (non-hydrogen) atoms. The van der Waals surface area contributed by atoms with Gasteiger partial charge in [-0.05, 0) is 0 Å². The Morgan fingerprint density at radius 1 is 1.12 bits per heavy atom. The van der Waals surface area contributed by atoms with E-state index >= 15 is 0 Å². The summed E-state index contributed by atoms with van der Waals surface area (Å²) in [5.41, 5.74) is 0.707. The van der Waals surface area contributed by atoms with Crippen LogP contribution in [0, 0.1) is 0 Å². The first-order valence-corrected chi connectivity index (χ1v) is 5.32. The summed E-state index contributed by atoms with van der Waals surface area (Å²) < 4.78 is 0. The van der Waals surface area contributed by atoms with Crippen molar-refractivity contribution in [2.45, 2.75) is 0 Å². The van der Waals surface area contributed by atoms with Gasteiger partial charge in [-0.2, -0.15) is 4.98 Å². The minimum atomic E-state index is 0.707. The number of nitrogens with zero attached hydrogens (tertiary/aromatic N) is 5. The van der Waals surface area contributed by atoms with Crippen LogP contribution in [-0.4, -0.2) is 46.1 Å². The second kappa shape index (κ2) is 3.97. The number of fused-ring (bicyclic) bond motifs is 1. The molecular weight excluding hydrogens is 204 g/mol. The Balaban J connectivity index is 1.97. The SMILES string of the molecule is c1ncc2cnc(N3CCNCC3)nc2n1. The first kappa shape index (κ1) is 9.41. The summed E-state index contributed by atoms with van der Waals surface area (Å²) in [6.07, 6.45) is 5.01. The van der Waals surface area contributed by atoms with Crippen molar-refractivity contribution in [1.29, 1.82) is 0 Å². The van der Waals surface area contributed by atoms with Crippen molar-refractivity contribution in [2.75, 3.05) is 31.1 Å². The summed E-state index contributed by atoms with van der Waals surface area (Å²) >= 11 is 0. The lowest BCUT2D eigenvalue weighted by Crippen LogP contribution is -2.44. The molecule has 1 aliphatic rings. The van der Waals surface area contributed by atoms with E-state index in [0.717, 1.165) is 37.5 Å². The van der Waals surface area contributed by atoms with Gasteiger partial charge in [0.1, 0.15) is 6.33 Å². The molecule has 0 unspecified atom stereocenters. The molecule has 0 bridgehead atoms. The van der Waals surface area contributed by atoms with Crippen molar-refractivity contribution in [3.8, 4) is 0 Å². The third-order valence-corrected chi connectivity index (χ3v) is 2.64. The van der Waals surface area contributed by atoms with E-state index in [1.165, 1.54) is 6.33 Å². The molecule has 3 heterocycles. The minimum Gasteiger partial charge on any atom is -0.338 e. The van der Waals surface area contributed by atoms with Crippen LogP contribution in [0.3, 0.4) is 0 Å². The maximum absolute atomic E-state index is 4.43. The summed E-state index contributed by atoms with van der Waals surface area (Å²) in [7, 11) is 0. The highest BCUT2D eigenvalue weighted by atomic mass is 15.3. The van der Waals surface area contributed by atoms with Gasteiger partial charge in [-0.3, -0.25) is 0 Å². The smallest absolute Gasteiger partial charge is 0.227 e. The molecule has 0 spiro atoms. The fourth-order valence-corrected chi connectivity index (χ4v) is 1.79. The molecule has 0 aliphatic carbocycles. The third kappa shape index (κ3) is 1.67. The predicted octanol–water partition coefficient (Wildman–Crippen LogP) is -0.171. The van der Waals surface area contributed by atoms with E-state index in [-0.39, 0.29) is 0 Å². The van der Waals surface area contributed by atoms with E-state index in [4.69, 9.17) is 0 Å². The van der Waals surface area contributed by atoms with Crippen LogP contribution < -0.4 is 10.2 Å². The molecule has 1 aliphatic heterocycles. The van der Waals surface area contributed by atoms with E-state index in [9.17, 15) is 0 Å². The van der Waals surface area contributed by atoms with Crippen LogP contribution in [0.4, 0.5) is 5.95 Å². The number of rotatable bonds is 1. The average Bonchev–Trinajstić information content (AvgIpc) is 2.39. The van der Waals surface area contributed by atoms with Gasteiger partial charge in [0, 0.05) is 38.6 Å². The summed E-state index contributed by atoms with van der Waals surface area (Å²) in [6, 6.07) is 0. The molecule has 1 saturated heterocycles. The highest BCUT2D eigenvalue weighted by molar-refractivity contribution is 5.73. The maximum atomic E-state index is 4.43. The largest absolute Gasteiger partial charge is 0.338 e. The van der Waals surface area contributed by atoms with Gasteiger partial charge in [-0.25, -0.2) is 15.0 Å². The fourth-order valence-electron chi connectivity index (χ4n) is 1.79. The Hall–Kier alpha value is -1.82. The topological polar surface area (TPSA) is 66.8 Å². The Morgan fingerprint density at radius 2 is 2.00 bits per heavy atom. The average molecular weight is 216 g/mol. The van der Waals surface area contributed by atoms with E-state index in [2.05, 4.69) is 30.2 Å². The van der Waals surface area contributed by atoms with Gasteiger partial charge >= 0.3 is 0 Å². The number of aromatic nitrogens is 4. The predicted molar refractivity (Wildman–Crippen MR) is 60.2 cm³/mol. The molecule has 0 saturated carbocycles. The zero-order valence-corrected chi connectivity index (χ0v) is 8.80. The lowest BCUT2D eigenvalue weighted by molar-refractivity contribution is 0.580. The molecule has 0 radical (unpaired) electrons. The van der Waals surface area contributed by atoms with Gasteiger partial charge in [0.05, 0.1) is 5.39 Å². The number of piperazine rings is 1. The monoisotopic (exact) mass is 216 g/mol. The second-order valence-electron chi connectivity index (χ2n) is 3.71. The molecule has 0 aromatic carbocycles. The normalized spacial score (nSPS) is 16.6. The van der Waals surface area contributed by atoms with Crippen molar-refractivity contribution >= 4 is 17.0 Å². The zero-order valence-electron chi connectivity index (χ0n) is 8.80. The molecular formula is C10H12N6. The van der Waals surface area contributed by atoms with Crippen molar-refractivity contribution in [3.05, 3.63) is 18.7 Å². The molecule has 6 heteroatoms. The van der Waals surface area contributed by atoms with Crippen LogP contribution in [-0.2, 0) is 0 Å². The highest BCUT2D eigenvalue weighted by Crippen LogP contribution is 2.12. The van der Waals surface area contributed by atoms with Gasteiger partial charge in [-0.1, -0.05) is 0 Å². The third-order valence-electron chi connectivity index (χ3n) is 2.64. The Labute approximate surface area is 92.8 Å². The second-order valence-corrected chi connectivity index (χ2v) is 3.71. The Morgan fingerprint density at radius 3 is 2.88 bits per heavy atom. The Bertz CT molecular complexity index is 493. The van der Waals surface area contributed by atoms with E-state index < -0.39 is 0 Å². The maximum Gasteiger partial charge on any atom is 0.227 e. The molecule has 6 nitrogen and oxygen atoms in total. The standard InChI is InChI=1S/C10H12N6/c1-3-16(4-2-11-1)10-13-6-8-5-12-7-14-9(8)15-10/h5-7,11H,1-4H2. The van der Waals surface area contributed by atoms with Gasteiger partial charge < -0.3 is 10.2 Å². The first-order valence-electron chi connectivity index (χ1n) is 5.32. The molecule has 2 aromatic rings. The highest BCUT2D eigenvalue weighted by Gasteiger charge is 2.13. The van der Waals surface area contributed by atoms with Crippen LogP contribution in [0.25, 0.3) is 11.0 Å². The first-order chi connectivity index (χ1) is 7.93.